The van der Waals surface area contributed by atoms with E-state index in [0.29, 0.717) is 18.8 Å². The van der Waals surface area contributed by atoms with Crippen LogP contribution in [0.2, 0.25) is 0 Å². The van der Waals surface area contributed by atoms with Crippen LogP contribution >= 0.6 is 0 Å². The predicted octanol–water partition coefficient (Wildman–Crippen LogP) is 4.23. The molecule has 0 unspecified atom stereocenters. The van der Waals surface area contributed by atoms with Crippen LogP contribution in [0.15, 0.2) is 60.8 Å². The molecule has 0 saturated carbocycles. The topological polar surface area (TPSA) is 69.9 Å². The van der Waals surface area contributed by atoms with Crippen LogP contribution in [-0.2, 0) is 6.42 Å². The van der Waals surface area contributed by atoms with Gasteiger partial charge in [-0.25, -0.2) is 4.98 Å². The molecule has 1 atom stereocenters. The van der Waals surface area contributed by atoms with Gasteiger partial charge in [-0.2, -0.15) is 5.26 Å². The summed E-state index contributed by atoms with van der Waals surface area (Å²) in [5, 5.41) is 9.08. The summed E-state index contributed by atoms with van der Waals surface area (Å²) in [6, 6.07) is 20.2. The second-order valence-electron chi connectivity index (χ2n) is 7.75. The number of pyridine rings is 2. The molecule has 5 nitrogen and oxygen atoms in total. The molecule has 146 valence electrons. The van der Waals surface area contributed by atoms with Gasteiger partial charge in [-0.1, -0.05) is 36.4 Å². The van der Waals surface area contributed by atoms with Gasteiger partial charge in [0.2, 0.25) is 0 Å². The quantitative estimate of drug-likeness (QED) is 0.669. The minimum atomic E-state index is -0.116. The minimum Gasteiger partial charge on any atom is -0.336 e. The Balaban J connectivity index is 1.41. The number of aromatic nitrogens is 2. The van der Waals surface area contributed by atoms with Gasteiger partial charge in [0.25, 0.3) is 5.91 Å². The molecule has 3 aromatic rings. The summed E-state index contributed by atoms with van der Waals surface area (Å²) in [6.45, 7) is 1.09. The first kappa shape index (κ1) is 18.3. The Morgan fingerprint density at radius 1 is 1.10 bits per heavy atom. The zero-order chi connectivity index (χ0) is 20.5. The molecule has 0 bridgehead atoms. The molecular formula is C25H20N4O. The summed E-state index contributed by atoms with van der Waals surface area (Å²) in [5.41, 5.74) is 6.66. The fourth-order valence-electron chi connectivity index (χ4n) is 4.11. The van der Waals surface area contributed by atoms with E-state index in [1.165, 1.54) is 11.1 Å². The minimum absolute atomic E-state index is 0.0800. The van der Waals surface area contributed by atoms with E-state index in [1.54, 1.807) is 11.0 Å². The molecule has 0 N–H and O–H groups in total. The van der Waals surface area contributed by atoms with Gasteiger partial charge in [0, 0.05) is 31.3 Å². The number of amides is 1. The summed E-state index contributed by atoms with van der Waals surface area (Å²) in [4.78, 5) is 23.8. The number of likely N-dealkylation sites (tertiary alicyclic amines) is 1. The van der Waals surface area contributed by atoms with E-state index < -0.39 is 0 Å². The number of nitrogens with zero attached hydrogens (tertiary/aromatic N) is 4. The first-order valence-electron chi connectivity index (χ1n) is 10.1. The van der Waals surface area contributed by atoms with Gasteiger partial charge < -0.3 is 4.90 Å². The molecule has 2 aliphatic rings. The Hall–Kier alpha value is -3.78. The molecule has 1 aliphatic heterocycles. The molecular weight excluding hydrogens is 372 g/mol. The molecule has 1 fully saturated rings. The van der Waals surface area contributed by atoms with Crippen molar-refractivity contribution >= 4 is 17.6 Å². The van der Waals surface area contributed by atoms with Crippen LogP contribution in [-0.4, -0.2) is 33.9 Å². The Bertz CT molecular complexity index is 1190. The molecule has 3 heterocycles. The Labute approximate surface area is 175 Å². The van der Waals surface area contributed by atoms with Crippen molar-refractivity contribution in [3.8, 4) is 17.3 Å². The van der Waals surface area contributed by atoms with Crippen molar-refractivity contribution < 1.29 is 4.79 Å². The largest absolute Gasteiger partial charge is 0.336 e. The third-order valence-corrected chi connectivity index (χ3v) is 5.76. The lowest BCUT2D eigenvalue weighted by Crippen LogP contribution is -2.29. The van der Waals surface area contributed by atoms with Crippen LogP contribution in [0.1, 0.15) is 33.7 Å². The highest BCUT2D eigenvalue weighted by atomic mass is 16.2. The van der Waals surface area contributed by atoms with Crippen molar-refractivity contribution in [3.05, 3.63) is 83.3 Å². The Morgan fingerprint density at radius 3 is 2.77 bits per heavy atom. The van der Waals surface area contributed by atoms with E-state index in [-0.39, 0.29) is 11.8 Å². The van der Waals surface area contributed by atoms with Gasteiger partial charge in [-0.05, 0) is 47.4 Å². The lowest BCUT2D eigenvalue weighted by atomic mass is 10.1. The van der Waals surface area contributed by atoms with Gasteiger partial charge in [-0.15, -0.1) is 0 Å². The average molecular weight is 392 g/mol. The van der Waals surface area contributed by atoms with Gasteiger partial charge in [-0.3, -0.25) is 9.78 Å². The molecule has 0 spiro atoms. The number of carbonyl (C=O) groups is 1. The molecule has 1 aromatic carbocycles. The zero-order valence-corrected chi connectivity index (χ0v) is 16.5. The molecule has 30 heavy (non-hydrogen) atoms. The molecule has 1 saturated heterocycles. The van der Waals surface area contributed by atoms with E-state index in [0.717, 1.165) is 35.4 Å². The highest BCUT2D eigenvalue weighted by molar-refractivity contribution is 5.93. The Kier molecular flexibility index (Phi) is 4.61. The van der Waals surface area contributed by atoms with Crippen LogP contribution in [0, 0.1) is 17.2 Å². The van der Waals surface area contributed by atoms with Crippen LogP contribution < -0.4 is 0 Å². The summed E-state index contributed by atoms with van der Waals surface area (Å²) in [5.74, 6) is -0.196. The first-order chi connectivity index (χ1) is 14.7. The third kappa shape index (κ3) is 3.37. The van der Waals surface area contributed by atoms with E-state index in [1.807, 2.05) is 36.5 Å². The number of fused-ring (bicyclic) bond motifs is 1. The second-order valence-corrected chi connectivity index (χ2v) is 7.75. The predicted molar refractivity (Wildman–Crippen MR) is 115 cm³/mol. The average Bonchev–Trinajstić information content (AvgIpc) is 3.46. The van der Waals surface area contributed by atoms with Crippen molar-refractivity contribution in [1.82, 2.24) is 14.9 Å². The number of hydrogen-bond acceptors (Lipinski definition) is 4. The highest BCUT2D eigenvalue weighted by Crippen LogP contribution is 2.32. The second kappa shape index (κ2) is 7.57. The SMILES string of the molecule is N#C[C@H]1CCN(C(=O)c2cccc(-c3cnc4c(c3)C=C(c3ccccc3)C4)n2)C1. The smallest absolute Gasteiger partial charge is 0.272 e. The van der Waals surface area contributed by atoms with Crippen molar-refractivity contribution in [2.24, 2.45) is 5.92 Å². The number of hydrogen-bond donors (Lipinski definition) is 0. The van der Waals surface area contributed by atoms with Gasteiger partial charge >= 0.3 is 0 Å². The van der Waals surface area contributed by atoms with Crippen LogP contribution in [0.25, 0.3) is 22.9 Å². The molecule has 1 amide bonds. The van der Waals surface area contributed by atoms with Crippen molar-refractivity contribution in [2.75, 3.05) is 13.1 Å². The summed E-state index contributed by atoms with van der Waals surface area (Å²) in [7, 11) is 0. The Morgan fingerprint density at radius 2 is 1.97 bits per heavy atom. The number of carbonyl (C=O) groups excluding carboxylic acids is 1. The fraction of sp³-hybridized carbons (Fsp3) is 0.200. The van der Waals surface area contributed by atoms with E-state index in [4.69, 9.17) is 5.26 Å². The molecule has 5 rings (SSSR count). The lowest BCUT2D eigenvalue weighted by Gasteiger charge is -2.15. The maximum Gasteiger partial charge on any atom is 0.272 e. The normalized spacial score (nSPS) is 17.4. The van der Waals surface area contributed by atoms with E-state index in [9.17, 15) is 4.79 Å². The number of rotatable bonds is 3. The van der Waals surface area contributed by atoms with Crippen molar-refractivity contribution in [3.63, 3.8) is 0 Å². The number of benzene rings is 1. The van der Waals surface area contributed by atoms with E-state index >= 15 is 0 Å². The van der Waals surface area contributed by atoms with Gasteiger partial charge in [0.1, 0.15) is 5.69 Å². The van der Waals surface area contributed by atoms with Crippen molar-refractivity contribution in [2.45, 2.75) is 12.8 Å². The monoisotopic (exact) mass is 392 g/mol. The van der Waals surface area contributed by atoms with Crippen molar-refractivity contribution in [1.29, 1.82) is 5.26 Å². The fourth-order valence-corrected chi connectivity index (χ4v) is 4.11. The summed E-state index contributed by atoms with van der Waals surface area (Å²) < 4.78 is 0. The van der Waals surface area contributed by atoms with Crippen LogP contribution in [0.3, 0.4) is 0 Å². The lowest BCUT2D eigenvalue weighted by molar-refractivity contribution is 0.0784. The molecule has 5 heteroatoms. The molecule has 2 aromatic heterocycles. The zero-order valence-electron chi connectivity index (χ0n) is 16.5. The van der Waals surface area contributed by atoms with E-state index in [2.05, 4.69) is 40.3 Å². The maximum atomic E-state index is 12.8. The van der Waals surface area contributed by atoms with Gasteiger partial charge in [0.15, 0.2) is 0 Å². The standard InChI is InChI=1S/C25H20N4O/c26-14-17-9-10-29(16-17)25(30)23-8-4-7-22(28-23)21-12-20-11-19(13-24(20)27-15-21)18-5-2-1-3-6-18/h1-8,11-12,15,17H,9-10,13,16H2/t17-/m1/s1. The first-order valence-corrected chi connectivity index (χ1v) is 10.1. The van der Waals surface area contributed by atoms with Crippen LogP contribution in [0.5, 0.6) is 0 Å². The highest BCUT2D eigenvalue weighted by Gasteiger charge is 2.27. The molecule has 0 radical (unpaired) electrons. The van der Waals surface area contributed by atoms with Crippen LogP contribution in [0.4, 0.5) is 0 Å². The summed E-state index contributed by atoms with van der Waals surface area (Å²) >= 11 is 0. The number of nitriles is 1. The summed E-state index contributed by atoms with van der Waals surface area (Å²) in [6.07, 6.45) is 5.56. The van der Waals surface area contributed by atoms with Gasteiger partial charge in [0.05, 0.1) is 23.4 Å². The third-order valence-electron chi connectivity index (χ3n) is 5.76. The number of allylic oxidation sites excluding steroid dienone is 1. The molecule has 1 aliphatic carbocycles. The maximum absolute atomic E-state index is 12.8.